The van der Waals surface area contributed by atoms with Gasteiger partial charge in [-0.1, -0.05) is 12.1 Å². The zero-order valence-electron chi connectivity index (χ0n) is 10.8. The number of hydrogen-bond acceptors (Lipinski definition) is 5. The Morgan fingerprint density at radius 1 is 1.26 bits per heavy atom. The van der Waals surface area contributed by atoms with Crippen molar-refractivity contribution in [1.29, 1.82) is 0 Å². The van der Waals surface area contributed by atoms with Crippen LogP contribution >= 0.6 is 0 Å². The highest BCUT2D eigenvalue weighted by atomic mass is 16.6. The maximum Gasteiger partial charge on any atom is 0.161 e. The molecule has 0 bridgehead atoms. The standard InChI is InChI=1S/C14H20N2O3/c17-11(7-10-8-15-5-6-16-10)14-9-18-12-3-1-2-4-13(12)19-14/h1-4,10-11,14-17H,5-9H2. The molecule has 2 aliphatic rings. The molecule has 0 saturated carbocycles. The average molecular weight is 264 g/mol. The highest BCUT2D eigenvalue weighted by Gasteiger charge is 2.29. The molecule has 0 spiro atoms. The van der Waals surface area contributed by atoms with E-state index in [0.29, 0.717) is 24.8 Å². The number of fused-ring (bicyclic) bond motifs is 1. The van der Waals surface area contributed by atoms with E-state index < -0.39 is 6.10 Å². The molecule has 3 atom stereocenters. The van der Waals surface area contributed by atoms with E-state index >= 15 is 0 Å². The molecule has 2 heterocycles. The van der Waals surface area contributed by atoms with Gasteiger partial charge in [-0.3, -0.25) is 0 Å². The molecular formula is C14H20N2O3. The fourth-order valence-corrected chi connectivity index (χ4v) is 2.55. The van der Waals surface area contributed by atoms with Crippen LogP contribution in [0.3, 0.4) is 0 Å². The highest BCUT2D eigenvalue weighted by Crippen LogP contribution is 2.32. The van der Waals surface area contributed by atoms with Crippen LogP contribution in [0, 0.1) is 0 Å². The van der Waals surface area contributed by atoms with Crippen molar-refractivity contribution in [2.24, 2.45) is 0 Å². The highest BCUT2D eigenvalue weighted by molar-refractivity contribution is 5.40. The minimum Gasteiger partial charge on any atom is -0.486 e. The lowest BCUT2D eigenvalue weighted by atomic mass is 10.0. The minimum atomic E-state index is -0.522. The van der Waals surface area contributed by atoms with Gasteiger partial charge in [-0.2, -0.15) is 0 Å². The quantitative estimate of drug-likeness (QED) is 0.725. The second-order valence-corrected chi connectivity index (χ2v) is 5.07. The van der Waals surface area contributed by atoms with E-state index in [2.05, 4.69) is 10.6 Å². The summed E-state index contributed by atoms with van der Waals surface area (Å²) in [5.74, 6) is 1.47. The Bertz CT molecular complexity index is 421. The Hall–Kier alpha value is -1.30. The average Bonchev–Trinajstić information content (AvgIpc) is 2.48. The molecule has 1 saturated heterocycles. The number of ether oxygens (including phenoxy) is 2. The van der Waals surface area contributed by atoms with Crippen LogP contribution in [0.25, 0.3) is 0 Å². The summed E-state index contributed by atoms with van der Waals surface area (Å²) < 4.78 is 11.4. The molecule has 0 radical (unpaired) electrons. The van der Waals surface area contributed by atoms with Gasteiger partial charge in [0, 0.05) is 25.7 Å². The van der Waals surface area contributed by atoms with Gasteiger partial charge in [0.1, 0.15) is 6.61 Å². The predicted octanol–water partition coefficient (Wildman–Crippen LogP) is 0.139. The summed E-state index contributed by atoms with van der Waals surface area (Å²) in [4.78, 5) is 0. The first-order chi connectivity index (χ1) is 9.33. The van der Waals surface area contributed by atoms with Crippen LogP contribution < -0.4 is 20.1 Å². The van der Waals surface area contributed by atoms with Gasteiger partial charge < -0.3 is 25.2 Å². The molecule has 19 heavy (non-hydrogen) atoms. The molecular weight excluding hydrogens is 244 g/mol. The van der Waals surface area contributed by atoms with E-state index in [9.17, 15) is 5.11 Å². The smallest absolute Gasteiger partial charge is 0.161 e. The third kappa shape index (κ3) is 3.00. The van der Waals surface area contributed by atoms with Gasteiger partial charge in [0.25, 0.3) is 0 Å². The molecule has 3 rings (SSSR count). The molecule has 1 aromatic rings. The lowest BCUT2D eigenvalue weighted by Gasteiger charge is -2.32. The molecule has 5 nitrogen and oxygen atoms in total. The Labute approximate surface area is 112 Å². The first kappa shape index (κ1) is 12.7. The first-order valence-corrected chi connectivity index (χ1v) is 6.83. The fraction of sp³-hybridized carbons (Fsp3) is 0.571. The molecule has 0 aromatic heterocycles. The summed E-state index contributed by atoms with van der Waals surface area (Å²) in [7, 11) is 0. The normalized spacial score (nSPS) is 27.8. The van der Waals surface area contributed by atoms with Crippen molar-refractivity contribution in [2.45, 2.75) is 24.7 Å². The second kappa shape index (κ2) is 5.77. The van der Waals surface area contributed by atoms with Gasteiger partial charge >= 0.3 is 0 Å². The Kier molecular flexibility index (Phi) is 3.87. The third-order valence-corrected chi connectivity index (χ3v) is 3.61. The monoisotopic (exact) mass is 264 g/mol. The lowest BCUT2D eigenvalue weighted by molar-refractivity contribution is -0.0183. The lowest BCUT2D eigenvalue weighted by Crippen LogP contribution is -2.51. The van der Waals surface area contributed by atoms with E-state index in [-0.39, 0.29) is 6.10 Å². The van der Waals surface area contributed by atoms with Crippen LogP contribution in [-0.4, -0.2) is 49.6 Å². The van der Waals surface area contributed by atoms with Crippen LogP contribution in [-0.2, 0) is 0 Å². The van der Waals surface area contributed by atoms with Gasteiger partial charge in [0.05, 0.1) is 6.10 Å². The molecule has 1 aromatic carbocycles. The van der Waals surface area contributed by atoms with Crippen molar-refractivity contribution in [1.82, 2.24) is 10.6 Å². The van der Waals surface area contributed by atoms with Crippen molar-refractivity contribution in [3.05, 3.63) is 24.3 Å². The van der Waals surface area contributed by atoms with Crippen molar-refractivity contribution >= 4 is 0 Å². The topological polar surface area (TPSA) is 62.8 Å². The van der Waals surface area contributed by atoms with Gasteiger partial charge in [0.2, 0.25) is 0 Å². The zero-order valence-corrected chi connectivity index (χ0v) is 10.8. The summed E-state index contributed by atoms with van der Waals surface area (Å²) in [5, 5.41) is 17.0. The number of rotatable bonds is 3. The number of aliphatic hydroxyl groups is 1. The SMILES string of the molecule is OC(CC1CNCCN1)C1COc2ccccc2O1. The van der Waals surface area contributed by atoms with Crippen LogP contribution in [0.15, 0.2) is 24.3 Å². The van der Waals surface area contributed by atoms with Crippen LogP contribution in [0.5, 0.6) is 11.5 Å². The zero-order chi connectivity index (χ0) is 13.1. The fourth-order valence-electron chi connectivity index (χ4n) is 2.55. The second-order valence-electron chi connectivity index (χ2n) is 5.07. The molecule has 2 aliphatic heterocycles. The number of benzene rings is 1. The van der Waals surface area contributed by atoms with Gasteiger partial charge in [-0.05, 0) is 18.6 Å². The minimum absolute atomic E-state index is 0.293. The van der Waals surface area contributed by atoms with Crippen molar-refractivity contribution in [3.8, 4) is 11.5 Å². The molecule has 5 heteroatoms. The number of nitrogens with one attached hydrogen (secondary N) is 2. The summed E-state index contributed by atoms with van der Waals surface area (Å²) in [6, 6.07) is 7.86. The molecule has 3 N–H and O–H groups in total. The first-order valence-electron chi connectivity index (χ1n) is 6.83. The van der Waals surface area contributed by atoms with Crippen LogP contribution in [0.1, 0.15) is 6.42 Å². The van der Waals surface area contributed by atoms with Crippen LogP contribution in [0.4, 0.5) is 0 Å². The van der Waals surface area contributed by atoms with Gasteiger partial charge in [-0.25, -0.2) is 0 Å². The largest absolute Gasteiger partial charge is 0.486 e. The van der Waals surface area contributed by atoms with E-state index in [1.54, 1.807) is 0 Å². The molecule has 1 fully saturated rings. The van der Waals surface area contributed by atoms with E-state index in [0.717, 1.165) is 25.4 Å². The van der Waals surface area contributed by atoms with E-state index in [1.807, 2.05) is 24.3 Å². The third-order valence-electron chi connectivity index (χ3n) is 3.61. The Balaban J connectivity index is 1.58. The molecule has 3 unspecified atom stereocenters. The van der Waals surface area contributed by atoms with Crippen molar-refractivity contribution in [3.63, 3.8) is 0 Å². The van der Waals surface area contributed by atoms with Crippen molar-refractivity contribution < 1.29 is 14.6 Å². The molecule has 0 aliphatic carbocycles. The predicted molar refractivity (Wildman–Crippen MR) is 71.6 cm³/mol. The van der Waals surface area contributed by atoms with Gasteiger partial charge in [-0.15, -0.1) is 0 Å². The van der Waals surface area contributed by atoms with Crippen LogP contribution in [0.2, 0.25) is 0 Å². The Morgan fingerprint density at radius 2 is 2.11 bits per heavy atom. The van der Waals surface area contributed by atoms with Gasteiger partial charge in [0.15, 0.2) is 17.6 Å². The summed E-state index contributed by atoms with van der Waals surface area (Å²) >= 11 is 0. The summed E-state index contributed by atoms with van der Waals surface area (Å²) in [6.07, 6.45) is -0.146. The number of para-hydroxylation sites is 2. The maximum atomic E-state index is 10.3. The van der Waals surface area contributed by atoms with Crippen molar-refractivity contribution in [2.75, 3.05) is 26.2 Å². The number of piperazine rings is 1. The number of aliphatic hydroxyl groups excluding tert-OH is 1. The summed E-state index contributed by atoms with van der Waals surface area (Å²) in [6.45, 7) is 3.23. The summed E-state index contributed by atoms with van der Waals surface area (Å²) in [5.41, 5.74) is 0. The number of hydrogen-bond donors (Lipinski definition) is 3. The Morgan fingerprint density at radius 3 is 2.89 bits per heavy atom. The molecule has 104 valence electrons. The van der Waals surface area contributed by atoms with E-state index in [4.69, 9.17) is 9.47 Å². The molecule has 0 amide bonds. The van der Waals surface area contributed by atoms with E-state index in [1.165, 1.54) is 0 Å². The maximum absolute atomic E-state index is 10.3.